The zero-order valence-electron chi connectivity index (χ0n) is 44.6. The van der Waals surface area contributed by atoms with E-state index < -0.39 is 0 Å². The van der Waals surface area contributed by atoms with E-state index in [4.69, 9.17) is 0 Å². The van der Waals surface area contributed by atoms with Gasteiger partial charge in [0.2, 0.25) is 0 Å². The fourth-order valence-corrected chi connectivity index (χ4v) is 10.00. The topological polar surface area (TPSA) is 4.93 Å². The van der Waals surface area contributed by atoms with E-state index in [1.54, 1.807) is 0 Å². The monoisotopic (exact) mass is 968 g/mol. The lowest BCUT2D eigenvalue weighted by Crippen LogP contribution is -1.93. The van der Waals surface area contributed by atoms with Crippen molar-refractivity contribution in [2.75, 3.05) is 0 Å². The molecule has 0 amide bonds. The van der Waals surface area contributed by atoms with Crippen molar-refractivity contribution < 1.29 is 0 Å². The number of aromatic nitrogens is 1. The van der Waals surface area contributed by atoms with Gasteiger partial charge in [-0.15, -0.1) is 0 Å². The van der Waals surface area contributed by atoms with Crippen LogP contribution in [0.3, 0.4) is 0 Å². The lowest BCUT2D eigenvalue weighted by Gasteiger charge is -2.20. The molecule has 0 aliphatic rings. The molecule has 12 rings (SSSR count). The molecule has 0 atom stereocenters. The Bertz CT molecular complexity index is 3980. The molecular weight excluding hydrogens is 903 g/mol. The second-order valence-electron chi connectivity index (χ2n) is 20.2. The highest BCUT2D eigenvalue weighted by atomic mass is 15.0. The highest BCUT2D eigenvalue weighted by Gasteiger charge is 2.20. The molecule has 0 radical (unpaired) electrons. The van der Waals surface area contributed by atoms with Crippen molar-refractivity contribution in [1.29, 1.82) is 0 Å². The zero-order chi connectivity index (χ0) is 52.0. The number of nitrogens with zero attached hydrogens (tertiary/aromatic N) is 1. The molecule has 0 spiro atoms. The summed E-state index contributed by atoms with van der Waals surface area (Å²) in [5, 5.41) is 7.46. The van der Waals surface area contributed by atoms with E-state index in [1.165, 1.54) is 138 Å². The molecule has 0 unspecified atom stereocenters. The predicted octanol–water partition coefficient (Wildman–Crippen LogP) is 21.7. The number of rotatable bonds is 7. The molecule has 75 heavy (non-hydrogen) atoms. The van der Waals surface area contributed by atoms with Gasteiger partial charge in [-0.1, -0.05) is 229 Å². The van der Waals surface area contributed by atoms with Gasteiger partial charge >= 0.3 is 0 Å². The lowest BCUT2D eigenvalue weighted by molar-refractivity contribution is 1.18. The molecule has 366 valence electrons. The van der Waals surface area contributed by atoms with Gasteiger partial charge in [0.05, 0.1) is 11.0 Å². The first-order valence-electron chi connectivity index (χ1n) is 26.3. The molecule has 0 saturated heterocycles. The Morgan fingerprint density at radius 2 is 0.600 bits per heavy atom. The van der Waals surface area contributed by atoms with E-state index in [9.17, 15) is 0 Å². The third-order valence-corrected chi connectivity index (χ3v) is 14.5. The van der Waals surface area contributed by atoms with Gasteiger partial charge in [0.15, 0.2) is 0 Å². The van der Waals surface area contributed by atoms with Crippen LogP contribution in [-0.4, -0.2) is 4.57 Å². The Balaban J connectivity index is 0.000000589. The van der Waals surface area contributed by atoms with E-state index in [-0.39, 0.29) is 0 Å². The Kier molecular flexibility index (Phi) is 14.7. The predicted molar refractivity (Wildman–Crippen MR) is 328 cm³/mol. The Hall–Kier alpha value is -8.78. The number of allylic oxidation sites excluding steroid dienone is 4. The normalized spacial score (nSPS) is 10.9. The van der Waals surface area contributed by atoms with Crippen molar-refractivity contribution in [2.24, 2.45) is 0 Å². The van der Waals surface area contributed by atoms with Gasteiger partial charge in [-0.05, 0) is 186 Å². The highest BCUT2D eigenvalue weighted by Crippen LogP contribution is 2.47. The van der Waals surface area contributed by atoms with E-state index in [1.807, 2.05) is 13.8 Å². The molecule has 1 aromatic heterocycles. The van der Waals surface area contributed by atoms with Crippen LogP contribution in [0.25, 0.3) is 116 Å². The van der Waals surface area contributed by atoms with Crippen molar-refractivity contribution in [3.63, 3.8) is 0 Å². The zero-order valence-corrected chi connectivity index (χ0v) is 44.6. The summed E-state index contributed by atoms with van der Waals surface area (Å²) in [7, 11) is 0. The Morgan fingerprint density at radius 3 is 1.05 bits per heavy atom. The first-order chi connectivity index (χ1) is 36.6. The van der Waals surface area contributed by atoms with Crippen molar-refractivity contribution >= 4 is 43.4 Å². The van der Waals surface area contributed by atoms with Crippen LogP contribution in [0.5, 0.6) is 0 Å². The second kappa shape index (κ2) is 22.1. The number of para-hydroxylation sites is 2. The highest BCUT2D eigenvalue weighted by molar-refractivity contribution is 6.22. The molecule has 12 aromatic rings. The summed E-state index contributed by atoms with van der Waals surface area (Å²) < 4.78 is 2.38. The van der Waals surface area contributed by atoms with E-state index in [0.29, 0.717) is 0 Å². The minimum absolute atomic E-state index is 1.17. The summed E-state index contributed by atoms with van der Waals surface area (Å²) in [4.78, 5) is 0. The maximum atomic E-state index is 2.43. The van der Waals surface area contributed by atoms with Crippen LogP contribution in [0.15, 0.2) is 260 Å². The second-order valence-corrected chi connectivity index (χ2v) is 20.2. The summed E-state index contributed by atoms with van der Waals surface area (Å²) in [6, 6.07) is 87.5. The molecule has 0 bridgehead atoms. The van der Waals surface area contributed by atoms with Crippen LogP contribution >= 0.6 is 0 Å². The van der Waals surface area contributed by atoms with Gasteiger partial charge in [-0.2, -0.15) is 0 Å². The van der Waals surface area contributed by atoms with Crippen LogP contribution in [-0.2, 0) is 0 Å². The quantitative estimate of drug-likeness (QED) is 0.111. The van der Waals surface area contributed by atoms with Crippen LogP contribution in [0, 0.1) is 13.8 Å². The summed E-state index contributed by atoms with van der Waals surface area (Å²) in [5.41, 5.74) is 23.4. The number of fused-ring (bicyclic) bond motifs is 5. The van der Waals surface area contributed by atoms with E-state index in [0.717, 1.165) is 0 Å². The van der Waals surface area contributed by atoms with Crippen molar-refractivity contribution in [2.45, 2.75) is 55.4 Å². The number of hydrogen-bond donors (Lipinski definition) is 0. The third-order valence-electron chi connectivity index (χ3n) is 14.5. The van der Waals surface area contributed by atoms with Gasteiger partial charge in [0, 0.05) is 16.5 Å². The Labute approximate surface area is 444 Å². The van der Waals surface area contributed by atoms with Crippen molar-refractivity contribution in [1.82, 2.24) is 4.57 Å². The summed E-state index contributed by atoms with van der Waals surface area (Å²) >= 11 is 0. The average molecular weight is 968 g/mol. The molecule has 11 aromatic carbocycles. The van der Waals surface area contributed by atoms with Gasteiger partial charge in [-0.3, -0.25) is 0 Å². The maximum absolute atomic E-state index is 2.43. The van der Waals surface area contributed by atoms with Gasteiger partial charge in [0.1, 0.15) is 0 Å². The smallest absolute Gasteiger partial charge is 0.0541 e. The minimum atomic E-state index is 1.17. The van der Waals surface area contributed by atoms with Gasteiger partial charge < -0.3 is 4.57 Å². The number of benzene rings is 11. The largest absolute Gasteiger partial charge is 0.309 e. The molecule has 0 N–H and O–H groups in total. The molecule has 1 heterocycles. The molecule has 0 fully saturated rings. The van der Waals surface area contributed by atoms with Crippen LogP contribution in [0.1, 0.15) is 52.7 Å². The molecule has 0 saturated carbocycles. The van der Waals surface area contributed by atoms with Crippen LogP contribution in [0.2, 0.25) is 0 Å². The standard InChI is InChI=1S/C64H45N.2C5H10/c1-42-17-21-46(22-18-42)51-34-37-57-59(40-51)63(49-29-25-45(26-30-49)44-11-5-3-6-12-44)56-36-33-52(47-23-19-43(2)20-24-47)41-60(56)64(57)50-31-27-48(28-32-50)53-35-38-62-58(39-53)55-15-9-10-16-61(55)65(62)54-13-7-4-8-14-54;2*1-4-5(2)3/h3-41H,1-2H3;2*4H,1-3H3. The summed E-state index contributed by atoms with van der Waals surface area (Å²) in [6.07, 6.45) is 4.17. The van der Waals surface area contributed by atoms with Gasteiger partial charge in [-0.25, -0.2) is 0 Å². The minimum Gasteiger partial charge on any atom is -0.309 e. The lowest BCUT2D eigenvalue weighted by atomic mass is 9.83. The summed E-state index contributed by atoms with van der Waals surface area (Å²) in [5.74, 6) is 0. The SMILES string of the molecule is CC=C(C)C.CC=C(C)C.Cc1ccc(-c2ccc3c(-c4ccc(-c5ccc6c(c5)c5ccccc5n6-c5ccccc5)cc4)c4cc(-c5ccc(C)cc5)ccc4c(-c4ccc(-c5ccccc5)cc4)c3c2)cc1. The summed E-state index contributed by atoms with van der Waals surface area (Å²) in [6.45, 7) is 16.7. The van der Waals surface area contributed by atoms with E-state index >= 15 is 0 Å². The molecule has 1 nitrogen and oxygen atoms in total. The van der Waals surface area contributed by atoms with E-state index in [2.05, 4.69) is 295 Å². The van der Waals surface area contributed by atoms with Crippen LogP contribution in [0.4, 0.5) is 0 Å². The van der Waals surface area contributed by atoms with Crippen LogP contribution < -0.4 is 0 Å². The molecule has 0 aliphatic heterocycles. The van der Waals surface area contributed by atoms with Crippen molar-refractivity contribution in [3.8, 4) is 72.4 Å². The molecular formula is C74H65N. The maximum Gasteiger partial charge on any atom is 0.0541 e. The first kappa shape index (κ1) is 49.8. The van der Waals surface area contributed by atoms with Crippen molar-refractivity contribution in [3.05, 3.63) is 271 Å². The fourth-order valence-electron chi connectivity index (χ4n) is 10.00. The Morgan fingerprint density at radius 1 is 0.280 bits per heavy atom. The first-order valence-corrected chi connectivity index (χ1v) is 26.3. The molecule has 0 aliphatic carbocycles. The number of hydrogen-bond acceptors (Lipinski definition) is 0. The fraction of sp³-hybridized carbons (Fsp3) is 0.108. The molecule has 1 heteroatoms. The van der Waals surface area contributed by atoms with Gasteiger partial charge in [0.25, 0.3) is 0 Å². The third kappa shape index (κ3) is 10.5. The number of aryl methyl sites for hydroxylation is 2. The average Bonchev–Trinajstić information content (AvgIpc) is 3.80.